The summed E-state index contributed by atoms with van der Waals surface area (Å²) in [6.07, 6.45) is 0. The SMILES string of the molecule is COc1ccc([C@@H](NS(=O)(=O)c2c(C(C)C)cc(C(C)C)cc2C(C)C)c2ccc(Cl)cc2)cc1. The third-order valence-corrected chi connectivity index (χ3v) is 8.08. The van der Waals surface area contributed by atoms with Gasteiger partial charge in [0.25, 0.3) is 0 Å². The van der Waals surface area contributed by atoms with E-state index in [-0.39, 0.29) is 11.8 Å². The standard InChI is InChI=1S/C29H36ClNO3S/c1-18(2)23-16-26(19(3)4)29(27(17-23)20(5)6)35(32,33)31-28(21-8-12-24(30)13-9-21)22-10-14-25(34-7)15-11-22/h8-20,28,31H,1-7H3/t28-/m0/s1. The Morgan fingerprint density at radius 3 is 1.57 bits per heavy atom. The summed E-state index contributed by atoms with van der Waals surface area (Å²) in [7, 11) is -2.28. The number of sulfonamides is 1. The summed E-state index contributed by atoms with van der Waals surface area (Å²) in [5.41, 5.74) is 4.46. The third-order valence-electron chi connectivity index (χ3n) is 6.27. The summed E-state index contributed by atoms with van der Waals surface area (Å²) < 4.78 is 36.6. The first-order valence-corrected chi connectivity index (χ1v) is 13.9. The van der Waals surface area contributed by atoms with Crippen molar-refractivity contribution in [2.24, 2.45) is 0 Å². The van der Waals surface area contributed by atoms with Crippen LogP contribution in [0, 0.1) is 0 Å². The molecule has 0 unspecified atom stereocenters. The molecule has 0 spiro atoms. The maximum absolute atomic E-state index is 14.1. The van der Waals surface area contributed by atoms with Crippen LogP contribution in [0.2, 0.25) is 5.02 Å². The normalized spacial score (nSPS) is 13.0. The molecule has 3 rings (SSSR count). The highest BCUT2D eigenvalue weighted by Gasteiger charge is 2.30. The Labute approximate surface area is 215 Å². The molecule has 0 aliphatic rings. The Kier molecular flexibility index (Phi) is 8.68. The molecular formula is C29H36ClNO3S. The van der Waals surface area contributed by atoms with E-state index in [2.05, 4.69) is 30.7 Å². The highest BCUT2D eigenvalue weighted by atomic mass is 35.5. The quantitative estimate of drug-likeness (QED) is 0.317. The predicted molar refractivity (Wildman–Crippen MR) is 145 cm³/mol. The molecule has 0 fully saturated rings. The lowest BCUT2D eigenvalue weighted by Gasteiger charge is -2.26. The molecule has 0 heterocycles. The van der Waals surface area contributed by atoms with Crippen LogP contribution in [0.25, 0.3) is 0 Å². The third kappa shape index (κ3) is 6.27. The van der Waals surface area contributed by atoms with Gasteiger partial charge in [0, 0.05) is 5.02 Å². The Morgan fingerprint density at radius 2 is 1.17 bits per heavy atom. The van der Waals surface area contributed by atoms with Crippen LogP contribution in [0.1, 0.15) is 93.2 Å². The van der Waals surface area contributed by atoms with Crippen molar-refractivity contribution in [3.63, 3.8) is 0 Å². The van der Waals surface area contributed by atoms with Gasteiger partial charge >= 0.3 is 0 Å². The first-order chi connectivity index (χ1) is 16.4. The number of rotatable bonds is 9. The van der Waals surface area contributed by atoms with Crippen molar-refractivity contribution in [3.8, 4) is 5.75 Å². The number of benzene rings is 3. The van der Waals surface area contributed by atoms with Gasteiger partial charge in [-0.1, -0.05) is 89.5 Å². The van der Waals surface area contributed by atoms with Crippen LogP contribution in [-0.4, -0.2) is 15.5 Å². The van der Waals surface area contributed by atoms with Gasteiger partial charge in [-0.3, -0.25) is 0 Å². The van der Waals surface area contributed by atoms with Crippen LogP contribution < -0.4 is 9.46 Å². The van der Waals surface area contributed by atoms with E-state index in [4.69, 9.17) is 16.3 Å². The highest BCUT2D eigenvalue weighted by molar-refractivity contribution is 7.89. The molecule has 0 saturated heterocycles. The molecule has 3 aromatic carbocycles. The predicted octanol–water partition coefficient (Wildman–Crippen LogP) is 7.79. The molecule has 1 atom stereocenters. The van der Waals surface area contributed by atoms with Crippen LogP contribution >= 0.6 is 11.6 Å². The zero-order chi connectivity index (χ0) is 25.9. The van der Waals surface area contributed by atoms with E-state index in [0.29, 0.717) is 21.6 Å². The first kappa shape index (κ1) is 27.3. The van der Waals surface area contributed by atoms with Gasteiger partial charge in [0.2, 0.25) is 10.0 Å². The van der Waals surface area contributed by atoms with Crippen molar-refractivity contribution in [1.82, 2.24) is 4.72 Å². The summed E-state index contributed by atoms with van der Waals surface area (Å²) in [6, 6.07) is 18.2. The van der Waals surface area contributed by atoms with Crippen molar-refractivity contribution >= 4 is 21.6 Å². The van der Waals surface area contributed by atoms with Gasteiger partial charge in [-0.15, -0.1) is 0 Å². The average Bonchev–Trinajstić information content (AvgIpc) is 2.82. The zero-order valence-corrected chi connectivity index (χ0v) is 23.2. The second-order valence-electron chi connectivity index (χ2n) is 9.87. The monoisotopic (exact) mass is 513 g/mol. The van der Waals surface area contributed by atoms with Crippen LogP contribution in [0.3, 0.4) is 0 Å². The summed E-state index contributed by atoms with van der Waals surface area (Å²) in [5, 5.41) is 0.596. The van der Waals surface area contributed by atoms with Crippen LogP contribution in [0.5, 0.6) is 5.75 Å². The number of methoxy groups -OCH3 is 1. The van der Waals surface area contributed by atoms with Gasteiger partial charge in [-0.2, -0.15) is 4.72 Å². The van der Waals surface area contributed by atoms with Gasteiger partial charge in [-0.25, -0.2) is 8.42 Å². The van der Waals surface area contributed by atoms with Crippen LogP contribution in [-0.2, 0) is 10.0 Å². The van der Waals surface area contributed by atoms with Gasteiger partial charge < -0.3 is 4.74 Å². The molecule has 6 heteroatoms. The molecule has 0 aliphatic carbocycles. The van der Waals surface area contributed by atoms with E-state index in [0.717, 1.165) is 27.8 Å². The van der Waals surface area contributed by atoms with E-state index in [1.54, 1.807) is 19.2 Å². The number of halogens is 1. The summed E-state index contributed by atoms with van der Waals surface area (Å²) in [5.74, 6) is 1.11. The van der Waals surface area contributed by atoms with Crippen molar-refractivity contribution in [1.29, 1.82) is 0 Å². The molecule has 188 valence electrons. The molecule has 0 aliphatic heterocycles. The fourth-order valence-corrected chi connectivity index (χ4v) is 6.23. The minimum Gasteiger partial charge on any atom is -0.497 e. The molecule has 35 heavy (non-hydrogen) atoms. The Bertz CT molecular complexity index is 1220. The number of ether oxygens (including phenoxy) is 1. The molecule has 0 saturated carbocycles. The topological polar surface area (TPSA) is 55.4 Å². The molecule has 0 radical (unpaired) electrons. The smallest absolute Gasteiger partial charge is 0.242 e. The molecule has 0 bridgehead atoms. The van der Waals surface area contributed by atoms with E-state index < -0.39 is 16.1 Å². The van der Waals surface area contributed by atoms with Crippen molar-refractivity contribution < 1.29 is 13.2 Å². The molecule has 1 N–H and O–H groups in total. The number of hydrogen-bond donors (Lipinski definition) is 1. The summed E-state index contributed by atoms with van der Waals surface area (Å²) in [6.45, 7) is 12.4. The maximum Gasteiger partial charge on any atom is 0.242 e. The molecule has 4 nitrogen and oxygen atoms in total. The Morgan fingerprint density at radius 1 is 0.714 bits per heavy atom. The minimum atomic E-state index is -3.89. The number of hydrogen-bond acceptors (Lipinski definition) is 3. The van der Waals surface area contributed by atoms with Gasteiger partial charge in [0.1, 0.15) is 5.75 Å². The second-order valence-corrected chi connectivity index (χ2v) is 12.0. The van der Waals surface area contributed by atoms with E-state index in [1.165, 1.54) is 0 Å². The summed E-state index contributed by atoms with van der Waals surface area (Å²) in [4.78, 5) is 0.388. The van der Waals surface area contributed by atoms with E-state index in [1.807, 2.05) is 64.1 Å². The number of nitrogens with one attached hydrogen (secondary N) is 1. The van der Waals surface area contributed by atoms with Gasteiger partial charge in [0.05, 0.1) is 18.0 Å². The first-order valence-electron chi connectivity index (χ1n) is 12.0. The van der Waals surface area contributed by atoms with Gasteiger partial charge in [-0.05, 0) is 69.8 Å². The Balaban J connectivity index is 2.20. The fourth-order valence-electron chi connectivity index (χ4n) is 4.19. The van der Waals surface area contributed by atoms with E-state index >= 15 is 0 Å². The largest absolute Gasteiger partial charge is 0.497 e. The molecule has 3 aromatic rings. The zero-order valence-electron chi connectivity index (χ0n) is 21.6. The van der Waals surface area contributed by atoms with Crippen LogP contribution in [0.4, 0.5) is 0 Å². The van der Waals surface area contributed by atoms with Crippen molar-refractivity contribution in [2.75, 3.05) is 7.11 Å². The van der Waals surface area contributed by atoms with Crippen LogP contribution in [0.15, 0.2) is 65.6 Å². The maximum atomic E-state index is 14.1. The van der Waals surface area contributed by atoms with Crippen molar-refractivity contribution in [3.05, 3.63) is 93.5 Å². The van der Waals surface area contributed by atoms with E-state index in [9.17, 15) is 8.42 Å². The second kappa shape index (κ2) is 11.2. The lowest BCUT2D eigenvalue weighted by molar-refractivity contribution is 0.414. The average molecular weight is 514 g/mol. The lowest BCUT2D eigenvalue weighted by Crippen LogP contribution is -2.31. The van der Waals surface area contributed by atoms with Gasteiger partial charge in [0.15, 0.2) is 0 Å². The highest BCUT2D eigenvalue weighted by Crippen LogP contribution is 2.36. The molecular weight excluding hydrogens is 478 g/mol. The fraction of sp³-hybridized carbons (Fsp3) is 0.379. The Hall–Kier alpha value is -2.34. The van der Waals surface area contributed by atoms with Crippen molar-refractivity contribution in [2.45, 2.75) is 70.2 Å². The lowest BCUT2D eigenvalue weighted by atomic mass is 9.89. The summed E-state index contributed by atoms with van der Waals surface area (Å²) >= 11 is 6.13. The molecule has 0 aromatic heterocycles. The molecule has 0 amide bonds. The minimum absolute atomic E-state index is 0.0488.